The lowest BCUT2D eigenvalue weighted by Crippen LogP contribution is -2.28. The van der Waals surface area contributed by atoms with E-state index in [9.17, 15) is 9.18 Å². The highest BCUT2D eigenvalue weighted by Gasteiger charge is 2.09. The van der Waals surface area contributed by atoms with Gasteiger partial charge in [0.1, 0.15) is 24.8 Å². The summed E-state index contributed by atoms with van der Waals surface area (Å²) >= 11 is 0. The van der Waals surface area contributed by atoms with E-state index in [0.717, 1.165) is 11.1 Å². The standard InChI is InChI=1S/C21H26FNO4.C2H6/c1-16(2)19-9-8-18(22)14-20(19)26-13-12-25-11-10-23-21(24)27-15-17-6-4-3-5-7-17;1-2/h3-9,14,16H,10-13,15H2,1-2H3,(H,23,24);1-2H3. The Hall–Kier alpha value is -2.60. The molecule has 0 unspecified atom stereocenters. The lowest BCUT2D eigenvalue weighted by atomic mass is 10.0. The van der Waals surface area contributed by atoms with Crippen molar-refractivity contribution in [3.8, 4) is 5.75 Å². The minimum absolute atomic E-state index is 0.229. The Morgan fingerprint density at radius 2 is 1.76 bits per heavy atom. The number of halogens is 1. The Bertz CT molecular complexity index is 707. The van der Waals surface area contributed by atoms with Crippen LogP contribution in [-0.4, -0.2) is 32.5 Å². The number of carbonyl (C=O) groups excluding carboxylic acids is 1. The molecule has 0 atom stereocenters. The smallest absolute Gasteiger partial charge is 0.407 e. The number of ether oxygens (including phenoxy) is 3. The largest absolute Gasteiger partial charge is 0.491 e. The lowest BCUT2D eigenvalue weighted by Gasteiger charge is -2.14. The van der Waals surface area contributed by atoms with Crippen LogP contribution in [0.4, 0.5) is 9.18 Å². The summed E-state index contributed by atoms with van der Waals surface area (Å²) < 4.78 is 29.5. The minimum atomic E-state index is -0.486. The maximum absolute atomic E-state index is 13.4. The first-order valence-electron chi connectivity index (χ1n) is 10.0. The van der Waals surface area contributed by atoms with E-state index in [-0.39, 0.29) is 18.3 Å². The van der Waals surface area contributed by atoms with Gasteiger partial charge in [-0.25, -0.2) is 9.18 Å². The lowest BCUT2D eigenvalue weighted by molar-refractivity contribution is 0.0962. The molecule has 2 aromatic carbocycles. The summed E-state index contributed by atoms with van der Waals surface area (Å²) in [6.45, 7) is 9.61. The number of hydrogen-bond acceptors (Lipinski definition) is 4. The number of benzene rings is 2. The number of amides is 1. The monoisotopic (exact) mass is 405 g/mol. The number of carbonyl (C=O) groups is 1. The first-order chi connectivity index (χ1) is 14.1. The van der Waals surface area contributed by atoms with E-state index in [0.29, 0.717) is 32.1 Å². The van der Waals surface area contributed by atoms with E-state index in [1.807, 2.05) is 58.0 Å². The van der Waals surface area contributed by atoms with Crippen molar-refractivity contribution in [2.45, 2.75) is 40.2 Å². The van der Waals surface area contributed by atoms with Crippen LogP contribution in [0.1, 0.15) is 44.7 Å². The normalized spacial score (nSPS) is 10.1. The minimum Gasteiger partial charge on any atom is -0.491 e. The Balaban J connectivity index is 0.00000204. The molecule has 5 nitrogen and oxygen atoms in total. The van der Waals surface area contributed by atoms with Crippen molar-refractivity contribution in [1.29, 1.82) is 0 Å². The van der Waals surface area contributed by atoms with E-state index in [1.54, 1.807) is 6.07 Å². The third kappa shape index (κ3) is 9.94. The molecule has 6 heteroatoms. The maximum Gasteiger partial charge on any atom is 0.407 e. The van der Waals surface area contributed by atoms with Crippen molar-refractivity contribution in [2.75, 3.05) is 26.4 Å². The third-order valence-electron chi connectivity index (χ3n) is 3.81. The van der Waals surface area contributed by atoms with Crippen LogP contribution in [0.3, 0.4) is 0 Å². The highest BCUT2D eigenvalue weighted by Crippen LogP contribution is 2.27. The molecule has 2 rings (SSSR count). The van der Waals surface area contributed by atoms with Crippen molar-refractivity contribution in [1.82, 2.24) is 5.32 Å². The predicted octanol–water partition coefficient (Wildman–Crippen LogP) is 5.30. The van der Waals surface area contributed by atoms with Gasteiger partial charge in [0.15, 0.2) is 0 Å². The molecule has 0 saturated carbocycles. The zero-order chi connectivity index (χ0) is 21.5. The molecule has 0 radical (unpaired) electrons. The first kappa shape index (κ1) is 24.4. The molecule has 0 aliphatic rings. The molecular formula is C23H32FNO4. The van der Waals surface area contributed by atoms with Crippen LogP contribution in [0, 0.1) is 5.82 Å². The van der Waals surface area contributed by atoms with Crippen molar-refractivity contribution >= 4 is 6.09 Å². The average molecular weight is 406 g/mol. The quantitative estimate of drug-likeness (QED) is 0.545. The van der Waals surface area contributed by atoms with E-state index in [1.165, 1.54) is 12.1 Å². The van der Waals surface area contributed by atoms with Crippen molar-refractivity contribution in [3.63, 3.8) is 0 Å². The van der Waals surface area contributed by atoms with Gasteiger partial charge in [0.2, 0.25) is 0 Å². The summed E-state index contributed by atoms with van der Waals surface area (Å²) in [6, 6.07) is 14.0. The zero-order valence-corrected chi connectivity index (χ0v) is 17.7. The van der Waals surface area contributed by atoms with Crippen LogP contribution < -0.4 is 10.1 Å². The fourth-order valence-electron chi connectivity index (χ4n) is 2.42. The van der Waals surface area contributed by atoms with E-state index < -0.39 is 6.09 Å². The molecule has 1 N–H and O–H groups in total. The number of nitrogens with one attached hydrogen (secondary N) is 1. The van der Waals surface area contributed by atoms with Gasteiger partial charge in [0.25, 0.3) is 0 Å². The Morgan fingerprint density at radius 3 is 2.45 bits per heavy atom. The van der Waals surface area contributed by atoms with Gasteiger partial charge >= 0.3 is 6.09 Å². The molecule has 29 heavy (non-hydrogen) atoms. The molecule has 0 aliphatic carbocycles. The Labute approximate surface area is 173 Å². The zero-order valence-electron chi connectivity index (χ0n) is 17.7. The highest BCUT2D eigenvalue weighted by atomic mass is 19.1. The average Bonchev–Trinajstić information content (AvgIpc) is 2.73. The molecule has 0 aliphatic heterocycles. The SMILES string of the molecule is CC.CC(C)c1ccc(F)cc1OCCOCCNC(=O)OCc1ccccc1. The summed E-state index contributed by atoms with van der Waals surface area (Å²) in [4.78, 5) is 11.6. The van der Waals surface area contributed by atoms with Gasteiger partial charge in [0.05, 0.1) is 13.2 Å². The molecule has 0 aromatic heterocycles. The Morgan fingerprint density at radius 1 is 1.03 bits per heavy atom. The first-order valence-corrected chi connectivity index (χ1v) is 10.0. The van der Waals surface area contributed by atoms with Gasteiger partial charge < -0.3 is 19.5 Å². The molecule has 1 amide bonds. The van der Waals surface area contributed by atoms with Crippen LogP contribution in [-0.2, 0) is 16.1 Å². The molecule has 0 saturated heterocycles. The molecule has 0 bridgehead atoms. The topological polar surface area (TPSA) is 56.8 Å². The summed E-state index contributed by atoms with van der Waals surface area (Å²) in [5.74, 6) is 0.456. The summed E-state index contributed by atoms with van der Waals surface area (Å²) in [5.41, 5.74) is 1.89. The number of alkyl carbamates (subject to hydrolysis) is 1. The van der Waals surface area contributed by atoms with Crippen LogP contribution in [0.15, 0.2) is 48.5 Å². The van der Waals surface area contributed by atoms with Crippen LogP contribution in [0.5, 0.6) is 5.75 Å². The van der Waals surface area contributed by atoms with Gasteiger partial charge in [-0.05, 0) is 23.1 Å². The van der Waals surface area contributed by atoms with Gasteiger partial charge in [-0.1, -0.05) is 64.1 Å². The maximum atomic E-state index is 13.4. The van der Waals surface area contributed by atoms with E-state index >= 15 is 0 Å². The van der Waals surface area contributed by atoms with Crippen molar-refractivity contribution < 1.29 is 23.4 Å². The van der Waals surface area contributed by atoms with Crippen molar-refractivity contribution in [2.24, 2.45) is 0 Å². The second-order valence-corrected chi connectivity index (χ2v) is 6.29. The molecule has 0 spiro atoms. The van der Waals surface area contributed by atoms with Gasteiger partial charge in [0, 0.05) is 12.6 Å². The highest BCUT2D eigenvalue weighted by molar-refractivity contribution is 5.67. The summed E-state index contributed by atoms with van der Waals surface area (Å²) in [7, 11) is 0. The van der Waals surface area contributed by atoms with E-state index in [4.69, 9.17) is 14.2 Å². The fourth-order valence-corrected chi connectivity index (χ4v) is 2.42. The second kappa shape index (κ2) is 14.4. The van der Waals surface area contributed by atoms with Crippen LogP contribution in [0.25, 0.3) is 0 Å². The van der Waals surface area contributed by atoms with Gasteiger partial charge in [-0.3, -0.25) is 0 Å². The predicted molar refractivity (Wildman–Crippen MR) is 113 cm³/mol. The van der Waals surface area contributed by atoms with E-state index in [2.05, 4.69) is 5.32 Å². The van der Waals surface area contributed by atoms with Crippen molar-refractivity contribution in [3.05, 3.63) is 65.5 Å². The van der Waals surface area contributed by atoms with Crippen LogP contribution >= 0.6 is 0 Å². The molecule has 160 valence electrons. The van der Waals surface area contributed by atoms with Gasteiger partial charge in [-0.15, -0.1) is 0 Å². The fraction of sp³-hybridized carbons (Fsp3) is 0.435. The third-order valence-corrected chi connectivity index (χ3v) is 3.81. The molecule has 0 fully saturated rings. The Kier molecular flexibility index (Phi) is 12.1. The summed E-state index contributed by atoms with van der Waals surface area (Å²) in [5, 5.41) is 2.62. The number of rotatable bonds is 10. The number of hydrogen-bond donors (Lipinski definition) is 1. The second-order valence-electron chi connectivity index (χ2n) is 6.29. The van der Waals surface area contributed by atoms with Gasteiger partial charge in [-0.2, -0.15) is 0 Å². The molecule has 2 aromatic rings. The molecule has 0 heterocycles. The molecular weight excluding hydrogens is 373 g/mol. The van der Waals surface area contributed by atoms with Crippen LogP contribution in [0.2, 0.25) is 0 Å². The summed E-state index contributed by atoms with van der Waals surface area (Å²) in [6.07, 6.45) is -0.486.